The maximum Gasteiger partial charge on any atom is 0.221 e. The van der Waals surface area contributed by atoms with Gasteiger partial charge in [0, 0.05) is 15.6 Å². The first-order valence-corrected chi connectivity index (χ1v) is 6.77. The van der Waals surface area contributed by atoms with Crippen LogP contribution in [-0.2, 0) is 0 Å². The van der Waals surface area contributed by atoms with Gasteiger partial charge in [0.05, 0.1) is 4.47 Å². The second-order valence-corrected chi connectivity index (χ2v) is 5.77. The fourth-order valence-corrected chi connectivity index (χ4v) is 2.53. The van der Waals surface area contributed by atoms with Crippen LogP contribution in [0.2, 0.25) is 0 Å². The Morgan fingerprint density at radius 1 is 1.12 bits per heavy atom. The van der Waals surface area contributed by atoms with E-state index >= 15 is 0 Å². The number of rotatable bonds is 2. The zero-order valence-corrected chi connectivity index (χ0v) is 12.0. The fourth-order valence-electron chi connectivity index (χ4n) is 1.05. The molecule has 6 heteroatoms. The first-order valence-electron chi connectivity index (χ1n) is 4.36. The van der Waals surface area contributed by atoms with Gasteiger partial charge in [-0.15, -0.1) is 0 Å². The SMILES string of the molecule is Nc1ncc(Br)c(Sc2ccc(Br)cc2)n1. The summed E-state index contributed by atoms with van der Waals surface area (Å²) in [6.07, 6.45) is 1.66. The molecule has 0 saturated heterocycles. The summed E-state index contributed by atoms with van der Waals surface area (Å²) < 4.78 is 1.90. The molecule has 2 aromatic rings. The van der Waals surface area contributed by atoms with E-state index in [0.29, 0.717) is 0 Å². The highest BCUT2D eigenvalue weighted by Gasteiger charge is 2.05. The smallest absolute Gasteiger partial charge is 0.221 e. The lowest BCUT2D eigenvalue weighted by atomic mass is 10.4. The molecule has 0 spiro atoms. The van der Waals surface area contributed by atoms with Gasteiger partial charge in [-0.2, -0.15) is 0 Å². The molecule has 1 aromatic carbocycles. The van der Waals surface area contributed by atoms with Crippen LogP contribution in [0.1, 0.15) is 0 Å². The molecule has 0 atom stereocenters. The third-order valence-corrected chi connectivity index (χ3v) is 4.14. The van der Waals surface area contributed by atoms with E-state index in [9.17, 15) is 0 Å². The van der Waals surface area contributed by atoms with Gasteiger partial charge in [-0.25, -0.2) is 9.97 Å². The first kappa shape index (κ1) is 11.9. The second kappa shape index (κ2) is 5.16. The first-order chi connectivity index (χ1) is 7.65. The Kier molecular flexibility index (Phi) is 3.83. The molecule has 0 aliphatic carbocycles. The molecule has 0 fully saturated rings. The van der Waals surface area contributed by atoms with Crippen LogP contribution in [-0.4, -0.2) is 9.97 Å². The topological polar surface area (TPSA) is 51.8 Å². The number of hydrogen-bond donors (Lipinski definition) is 1. The number of benzene rings is 1. The molecule has 0 amide bonds. The highest BCUT2D eigenvalue weighted by molar-refractivity contribution is 9.10. The third-order valence-electron chi connectivity index (χ3n) is 1.76. The molecule has 2 rings (SSSR count). The number of anilines is 1. The number of nitrogens with zero attached hydrogens (tertiary/aromatic N) is 2. The van der Waals surface area contributed by atoms with E-state index in [2.05, 4.69) is 41.8 Å². The second-order valence-electron chi connectivity index (χ2n) is 2.94. The molecule has 0 radical (unpaired) electrons. The minimum absolute atomic E-state index is 0.280. The molecule has 3 nitrogen and oxygen atoms in total. The van der Waals surface area contributed by atoms with E-state index in [0.717, 1.165) is 18.9 Å². The van der Waals surface area contributed by atoms with Crippen LogP contribution in [0.15, 0.2) is 49.3 Å². The lowest BCUT2D eigenvalue weighted by Gasteiger charge is -2.03. The Bertz CT molecular complexity index is 502. The normalized spacial score (nSPS) is 10.4. The van der Waals surface area contributed by atoms with E-state index in [1.54, 1.807) is 6.20 Å². The fraction of sp³-hybridized carbons (Fsp3) is 0. The van der Waals surface area contributed by atoms with Crippen LogP contribution in [0.25, 0.3) is 0 Å². The number of nitrogens with two attached hydrogens (primary N) is 1. The van der Waals surface area contributed by atoms with E-state index in [1.807, 2.05) is 24.3 Å². The van der Waals surface area contributed by atoms with Crippen molar-refractivity contribution < 1.29 is 0 Å². The summed E-state index contributed by atoms with van der Waals surface area (Å²) in [5.74, 6) is 0.280. The molecule has 2 N–H and O–H groups in total. The van der Waals surface area contributed by atoms with E-state index in [1.165, 1.54) is 11.8 Å². The van der Waals surface area contributed by atoms with Crippen LogP contribution < -0.4 is 5.73 Å². The Hall–Kier alpha value is -0.590. The van der Waals surface area contributed by atoms with E-state index in [4.69, 9.17) is 5.73 Å². The summed E-state index contributed by atoms with van der Waals surface area (Å²) in [6.45, 7) is 0. The minimum atomic E-state index is 0.280. The number of hydrogen-bond acceptors (Lipinski definition) is 4. The molecule has 82 valence electrons. The van der Waals surface area contributed by atoms with Gasteiger partial charge in [0.1, 0.15) is 5.03 Å². The van der Waals surface area contributed by atoms with Crippen molar-refractivity contribution in [1.82, 2.24) is 9.97 Å². The van der Waals surface area contributed by atoms with Gasteiger partial charge in [-0.1, -0.05) is 27.7 Å². The van der Waals surface area contributed by atoms with E-state index < -0.39 is 0 Å². The zero-order valence-electron chi connectivity index (χ0n) is 8.02. The molecule has 1 heterocycles. The van der Waals surface area contributed by atoms with Crippen molar-refractivity contribution in [2.45, 2.75) is 9.92 Å². The number of aromatic nitrogens is 2. The molecule has 0 saturated carbocycles. The van der Waals surface area contributed by atoms with E-state index in [-0.39, 0.29) is 5.95 Å². The van der Waals surface area contributed by atoms with Crippen molar-refractivity contribution in [3.63, 3.8) is 0 Å². The van der Waals surface area contributed by atoms with Gasteiger partial charge >= 0.3 is 0 Å². The number of nitrogen functional groups attached to an aromatic ring is 1. The Balaban J connectivity index is 2.26. The predicted molar refractivity (Wildman–Crippen MR) is 72.4 cm³/mol. The lowest BCUT2D eigenvalue weighted by Crippen LogP contribution is -1.95. The summed E-state index contributed by atoms with van der Waals surface area (Å²) in [7, 11) is 0. The number of halogens is 2. The van der Waals surface area contributed by atoms with Crippen molar-refractivity contribution in [2.75, 3.05) is 5.73 Å². The molecule has 1 aromatic heterocycles. The van der Waals surface area contributed by atoms with Gasteiger partial charge < -0.3 is 5.73 Å². The van der Waals surface area contributed by atoms with Gasteiger partial charge in [0.15, 0.2) is 0 Å². The summed E-state index contributed by atoms with van der Waals surface area (Å²) in [6, 6.07) is 8.00. The van der Waals surface area contributed by atoms with Crippen LogP contribution in [0.5, 0.6) is 0 Å². The maximum atomic E-state index is 5.54. The molecular formula is C10H7Br2N3S. The predicted octanol–water partition coefficient (Wildman–Crippen LogP) is 3.74. The highest BCUT2D eigenvalue weighted by Crippen LogP contribution is 2.32. The molecule has 0 bridgehead atoms. The van der Waals surface area contributed by atoms with Gasteiger partial charge in [0.25, 0.3) is 0 Å². The van der Waals surface area contributed by atoms with Crippen molar-refractivity contribution in [2.24, 2.45) is 0 Å². The summed E-state index contributed by atoms with van der Waals surface area (Å²) >= 11 is 8.32. The largest absolute Gasteiger partial charge is 0.368 e. The van der Waals surface area contributed by atoms with Crippen molar-refractivity contribution in [3.05, 3.63) is 39.4 Å². The van der Waals surface area contributed by atoms with Crippen LogP contribution in [0.4, 0.5) is 5.95 Å². The summed E-state index contributed by atoms with van der Waals surface area (Å²) in [4.78, 5) is 9.15. The average Bonchev–Trinajstić information content (AvgIpc) is 2.27. The summed E-state index contributed by atoms with van der Waals surface area (Å²) in [5.41, 5.74) is 5.54. The van der Waals surface area contributed by atoms with Crippen LogP contribution in [0.3, 0.4) is 0 Å². The van der Waals surface area contributed by atoms with Gasteiger partial charge in [0.2, 0.25) is 5.95 Å². The Morgan fingerprint density at radius 3 is 2.50 bits per heavy atom. The standard InChI is InChI=1S/C10H7Br2N3S/c11-6-1-3-7(4-2-6)16-9-8(12)5-14-10(13)15-9/h1-5H,(H2,13,14,15). The molecular weight excluding hydrogens is 354 g/mol. The van der Waals surface area contributed by atoms with Crippen molar-refractivity contribution in [1.29, 1.82) is 0 Å². The molecule has 0 unspecified atom stereocenters. The Morgan fingerprint density at radius 2 is 1.81 bits per heavy atom. The third kappa shape index (κ3) is 2.96. The van der Waals surface area contributed by atoms with Crippen molar-refractivity contribution >= 4 is 49.6 Å². The molecule has 0 aliphatic rings. The lowest BCUT2D eigenvalue weighted by molar-refractivity contribution is 1.04. The van der Waals surface area contributed by atoms with Crippen molar-refractivity contribution in [3.8, 4) is 0 Å². The zero-order chi connectivity index (χ0) is 11.5. The highest BCUT2D eigenvalue weighted by atomic mass is 79.9. The van der Waals surface area contributed by atoms with Gasteiger partial charge in [-0.3, -0.25) is 0 Å². The molecule has 16 heavy (non-hydrogen) atoms. The van der Waals surface area contributed by atoms with Crippen LogP contribution >= 0.6 is 43.6 Å². The Labute approximate surface area is 114 Å². The monoisotopic (exact) mass is 359 g/mol. The van der Waals surface area contributed by atoms with Crippen LogP contribution in [0, 0.1) is 0 Å². The van der Waals surface area contributed by atoms with Gasteiger partial charge in [-0.05, 0) is 40.2 Å². The minimum Gasteiger partial charge on any atom is -0.368 e. The quantitative estimate of drug-likeness (QED) is 0.829. The maximum absolute atomic E-state index is 5.54. The average molecular weight is 361 g/mol. The molecule has 0 aliphatic heterocycles. The summed E-state index contributed by atoms with van der Waals surface area (Å²) in [5, 5.41) is 0.815.